The molecule has 3 rings (SSSR count). The summed E-state index contributed by atoms with van der Waals surface area (Å²) in [7, 11) is 0. The van der Waals surface area contributed by atoms with Crippen molar-refractivity contribution in [2.24, 2.45) is 4.99 Å². The van der Waals surface area contributed by atoms with Gasteiger partial charge in [-0.25, -0.2) is 4.99 Å². The number of nitrogens with zero attached hydrogens (tertiary/aromatic N) is 2. The van der Waals surface area contributed by atoms with E-state index in [1.54, 1.807) is 24.3 Å². The molecule has 128 valence electrons. The van der Waals surface area contributed by atoms with Crippen LogP contribution in [0.2, 0.25) is 0 Å². The van der Waals surface area contributed by atoms with Crippen molar-refractivity contribution in [1.82, 2.24) is 0 Å². The maximum atomic E-state index is 10.9. The lowest BCUT2D eigenvalue weighted by molar-refractivity contribution is -0.135. The Morgan fingerprint density at radius 3 is 2.31 bits per heavy atom. The van der Waals surface area contributed by atoms with Crippen molar-refractivity contribution >= 4 is 34.1 Å². The van der Waals surface area contributed by atoms with Gasteiger partial charge in [0.2, 0.25) is 5.96 Å². The summed E-state index contributed by atoms with van der Waals surface area (Å²) in [5.74, 6) is -0.711. The molecule has 6 heteroatoms. The highest BCUT2D eigenvalue weighted by atomic mass is 16.4. The van der Waals surface area contributed by atoms with Crippen LogP contribution in [0.5, 0.6) is 0 Å². The van der Waals surface area contributed by atoms with Gasteiger partial charge in [-0.1, -0.05) is 30.3 Å². The van der Waals surface area contributed by atoms with E-state index < -0.39 is 5.97 Å². The minimum absolute atomic E-state index is 0.312. The third-order valence-corrected chi connectivity index (χ3v) is 3.66. The van der Waals surface area contributed by atoms with Gasteiger partial charge >= 0.3 is 5.97 Å². The van der Waals surface area contributed by atoms with E-state index in [0.717, 1.165) is 16.5 Å². The SMILES string of the molecule is N#Cc1ccc(NC(=NCC(=O)O)Nc2ccc3ccccc3c2)cc1. The molecule has 0 bridgehead atoms. The number of carboxylic acids is 1. The zero-order valence-electron chi connectivity index (χ0n) is 13.8. The van der Waals surface area contributed by atoms with Gasteiger partial charge in [-0.15, -0.1) is 0 Å². The van der Waals surface area contributed by atoms with Crippen LogP contribution in [0, 0.1) is 11.3 Å². The number of anilines is 2. The smallest absolute Gasteiger partial charge is 0.325 e. The van der Waals surface area contributed by atoms with Crippen molar-refractivity contribution in [2.45, 2.75) is 0 Å². The molecule has 0 fully saturated rings. The number of fused-ring (bicyclic) bond motifs is 1. The van der Waals surface area contributed by atoms with Crippen molar-refractivity contribution in [1.29, 1.82) is 5.26 Å². The maximum absolute atomic E-state index is 10.9. The average molecular weight is 344 g/mol. The van der Waals surface area contributed by atoms with Crippen LogP contribution in [0.4, 0.5) is 11.4 Å². The van der Waals surface area contributed by atoms with Gasteiger partial charge in [0.25, 0.3) is 0 Å². The Morgan fingerprint density at radius 1 is 0.962 bits per heavy atom. The van der Waals surface area contributed by atoms with Crippen molar-refractivity contribution in [3.05, 3.63) is 72.3 Å². The summed E-state index contributed by atoms with van der Waals surface area (Å²) >= 11 is 0. The number of rotatable bonds is 4. The molecule has 0 unspecified atom stereocenters. The molecule has 6 nitrogen and oxygen atoms in total. The number of guanidine groups is 1. The monoisotopic (exact) mass is 344 g/mol. The molecule has 0 aromatic heterocycles. The fraction of sp³-hybridized carbons (Fsp3) is 0.0500. The topological polar surface area (TPSA) is 97.5 Å². The maximum Gasteiger partial charge on any atom is 0.325 e. The largest absolute Gasteiger partial charge is 0.480 e. The van der Waals surface area contributed by atoms with E-state index in [2.05, 4.69) is 21.7 Å². The Bertz CT molecular complexity index is 1000. The van der Waals surface area contributed by atoms with Crippen molar-refractivity contribution in [3.8, 4) is 6.07 Å². The first-order chi connectivity index (χ1) is 12.6. The lowest BCUT2D eigenvalue weighted by atomic mass is 10.1. The molecule has 0 amide bonds. The number of carboxylic acid groups (broad SMARTS) is 1. The number of hydrogen-bond acceptors (Lipinski definition) is 3. The molecule has 0 aliphatic rings. The number of aliphatic carboxylic acids is 1. The van der Waals surface area contributed by atoms with Gasteiger partial charge in [0.1, 0.15) is 6.54 Å². The lowest BCUT2D eigenvalue weighted by Gasteiger charge is -2.13. The Balaban J connectivity index is 1.83. The zero-order valence-corrected chi connectivity index (χ0v) is 13.8. The Hall–Kier alpha value is -3.85. The normalized spacial score (nSPS) is 11.0. The van der Waals surface area contributed by atoms with Gasteiger partial charge in [-0.2, -0.15) is 5.26 Å². The average Bonchev–Trinajstić information content (AvgIpc) is 2.66. The van der Waals surface area contributed by atoms with Gasteiger partial charge < -0.3 is 15.7 Å². The van der Waals surface area contributed by atoms with Crippen LogP contribution in [0.3, 0.4) is 0 Å². The van der Waals surface area contributed by atoms with E-state index in [9.17, 15) is 4.79 Å². The van der Waals surface area contributed by atoms with E-state index in [0.29, 0.717) is 17.2 Å². The first-order valence-corrected chi connectivity index (χ1v) is 7.93. The first kappa shape index (κ1) is 17.0. The van der Waals surface area contributed by atoms with Gasteiger partial charge in [-0.3, -0.25) is 4.79 Å². The Morgan fingerprint density at radius 2 is 1.62 bits per heavy atom. The molecule has 0 saturated heterocycles. The summed E-state index contributed by atoms with van der Waals surface area (Å²) < 4.78 is 0. The van der Waals surface area contributed by atoms with Crippen LogP contribution in [-0.4, -0.2) is 23.6 Å². The summed E-state index contributed by atoms with van der Waals surface area (Å²) in [6.07, 6.45) is 0. The molecular weight excluding hydrogens is 328 g/mol. The van der Waals surface area contributed by atoms with E-state index in [1.165, 1.54) is 0 Å². The summed E-state index contributed by atoms with van der Waals surface area (Å²) in [5.41, 5.74) is 2.03. The molecule has 0 spiro atoms. The minimum atomic E-state index is -1.02. The third-order valence-electron chi connectivity index (χ3n) is 3.66. The molecular formula is C20H16N4O2. The second kappa shape index (κ2) is 7.81. The number of nitrogens with one attached hydrogen (secondary N) is 2. The molecule has 0 aliphatic carbocycles. The number of hydrogen-bond donors (Lipinski definition) is 3. The number of aliphatic imine (C=N–C) groups is 1. The fourth-order valence-corrected chi connectivity index (χ4v) is 2.43. The molecule has 26 heavy (non-hydrogen) atoms. The standard InChI is InChI=1S/C20H16N4O2/c21-12-14-5-8-17(9-6-14)23-20(22-13-19(25)26)24-18-10-7-15-3-1-2-4-16(15)11-18/h1-11H,13H2,(H,25,26)(H2,22,23,24). The highest BCUT2D eigenvalue weighted by Gasteiger charge is 2.04. The van der Waals surface area contributed by atoms with Crippen LogP contribution in [-0.2, 0) is 4.79 Å². The lowest BCUT2D eigenvalue weighted by Crippen LogP contribution is -2.23. The summed E-state index contributed by atoms with van der Waals surface area (Å²) in [4.78, 5) is 14.9. The fourth-order valence-electron chi connectivity index (χ4n) is 2.43. The zero-order chi connectivity index (χ0) is 18.4. The van der Waals surface area contributed by atoms with Crippen LogP contribution in [0.25, 0.3) is 10.8 Å². The van der Waals surface area contributed by atoms with Gasteiger partial charge in [-0.05, 0) is 47.2 Å². The quantitative estimate of drug-likeness (QED) is 0.495. The molecule has 3 aromatic carbocycles. The predicted molar refractivity (Wildman–Crippen MR) is 102 cm³/mol. The van der Waals surface area contributed by atoms with Crippen LogP contribution >= 0.6 is 0 Å². The van der Waals surface area contributed by atoms with Crippen LogP contribution in [0.1, 0.15) is 5.56 Å². The van der Waals surface area contributed by atoms with E-state index in [1.807, 2.05) is 42.5 Å². The first-order valence-electron chi connectivity index (χ1n) is 7.93. The van der Waals surface area contributed by atoms with Gasteiger partial charge in [0.15, 0.2) is 0 Å². The van der Waals surface area contributed by atoms with Crippen LogP contribution in [0.15, 0.2) is 71.7 Å². The van der Waals surface area contributed by atoms with E-state index in [-0.39, 0.29) is 6.54 Å². The molecule has 3 N–H and O–H groups in total. The molecule has 0 aliphatic heterocycles. The minimum Gasteiger partial charge on any atom is -0.480 e. The molecule has 0 atom stereocenters. The molecule has 0 saturated carbocycles. The molecule has 3 aromatic rings. The van der Waals surface area contributed by atoms with Crippen LogP contribution < -0.4 is 10.6 Å². The Labute approximate surface area is 150 Å². The predicted octanol–water partition coefficient (Wildman–Crippen LogP) is 3.68. The Kier molecular flexibility index (Phi) is 5.11. The number of benzene rings is 3. The number of nitriles is 1. The summed E-state index contributed by atoms with van der Waals surface area (Å²) in [6.45, 7) is -0.362. The van der Waals surface area contributed by atoms with Crippen molar-refractivity contribution in [2.75, 3.05) is 17.2 Å². The second-order valence-electron chi connectivity index (χ2n) is 5.56. The van der Waals surface area contributed by atoms with E-state index in [4.69, 9.17) is 10.4 Å². The van der Waals surface area contributed by atoms with E-state index >= 15 is 0 Å². The second-order valence-corrected chi connectivity index (χ2v) is 5.56. The highest BCUT2D eigenvalue weighted by molar-refractivity contribution is 6.05. The number of carbonyl (C=O) groups is 1. The summed E-state index contributed by atoms with van der Waals surface area (Å²) in [6, 6.07) is 22.7. The van der Waals surface area contributed by atoms with Gasteiger partial charge in [0, 0.05) is 11.4 Å². The highest BCUT2D eigenvalue weighted by Crippen LogP contribution is 2.19. The molecule has 0 radical (unpaired) electrons. The van der Waals surface area contributed by atoms with Gasteiger partial charge in [0.05, 0.1) is 11.6 Å². The van der Waals surface area contributed by atoms with Crippen molar-refractivity contribution < 1.29 is 9.90 Å². The summed E-state index contributed by atoms with van der Waals surface area (Å²) in [5, 5.41) is 26.1. The molecule has 0 heterocycles. The van der Waals surface area contributed by atoms with Crippen molar-refractivity contribution in [3.63, 3.8) is 0 Å². The third kappa shape index (κ3) is 4.36.